The van der Waals surface area contributed by atoms with Crippen LogP contribution in [0.2, 0.25) is 0 Å². The molecule has 0 spiro atoms. The van der Waals surface area contributed by atoms with Gasteiger partial charge in [0.2, 0.25) is 15.9 Å². The van der Waals surface area contributed by atoms with Gasteiger partial charge in [0.25, 0.3) is 0 Å². The van der Waals surface area contributed by atoms with E-state index in [1.165, 1.54) is 27.3 Å². The van der Waals surface area contributed by atoms with Crippen LogP contribution in [0.25, 0.3) is 11.0 Å². The normalized spacial score (nSPS) is 17.6. The maximum Gasteiger partial charge on any atom is 0.329 e. The molecule has 1 aromatic carbocycles. The van der Waals surface area contributed by atoms with E-state index in [0.29, 0.717) is 30.7 Å². The molecule has 2 aliphatic rings. The maximum absolute atomic E-state index is 13.2. The number of nitrogens with zero attached hydrogens (tertiary/aromatic N) is 3. The lowest BCUT2D eigenvalue weighted by Crippen LogP contribution is -2.34. The van der Waals surface area contributed by atoms with Crippen LogP contribution in [0, 0.1) is 0 Å². The van der Waals surface area contributed by atoms with Crippen LogP contribution < -0.4 is 11.0 Å². The number of hydrogen-bond acceptors (Lipinski definition) is 4. The number of amides is 1. The number of sulfonamides is 1. The van der Waals surface area contributed by atoms with Crippen molar-refractivity contribution in [2.75, 3.05) is 19.6 Å². The summed E-state index contributed by atoms with van der Waals surface area (Å²) in [6.45, 7) is 5.23. The van der Waals surface area contributed by atoms with E-state index >= 15 is 0 Å². The van der Waals surface area contributed by atoms with E-state index in [2.05, 4.69) is 11.4 Å². The van der Waals surface area contributed by atoms with E-state index in [0.717, 1.165) is 32.1 Å². The van der Waals surface area contributed by atoms with E-state index in [1.807, 2.05) is 13.8 Å². The summed E-state index contributed by atoms with van der Waals surface area (Å²) in [5, 5.41) is 2.92. The van der Waals surface area contributed by atoms with Gasteiger partial charge in [-0.3, -0.25) is 13.9 Å². The molecular formula is C24H34N4O4S. The molecule has 0 saturated carbocycles. The lowest BCUT2D eigenvalue weighted by atomic mass is 9.97. The summed E-state index contributed by atoms with van der Waals surface area (Å²) in [4.78, 5) is 26.0. The molecule has 1 fully saturated rings. The summed E-state index contributed by atoms with van der Waals surface area (Å²) in [5.74, 6) is -0.246. The molecule has 8 nitrogen and oxygen atoms in total. The molecule has 4 rings (SSSR count). The standard InChI is InChI=1S/C24H34N4O4S/c1-18(2)28-21-11-10-20(33(31,32)26-14-6-7-15-26)16-22(21)27(24(28)30)17-23(29)25-13-12-19-8-4-3-5-9-19/h8,10-11,16,18H,3-7,9,12-15,17H2,1-2H3,(H,25,29). The number of imidazole rings is 1. The van der Waals surface area contributed by atoms with Gasteiger partial charge >= 0.3 is 5.69 Å². The van der Waals surface area contributed by atoms with Crippen molar-refractivity contribution in [1.29, 1.82) is 0 Å². The molecule has 0 unspecified atom stereocenters. The van der Waals surface area contributed by atoms with Crippen LogP contribution in [0.4, 0.5) is 0 Å². The predicted molar refractivity (Wildman–Crippen MR) is 129 cm³/mol. The number of hydrogen-bond donors (Lipinski definition) is 1. The van der Waals surface area contributed by atoms with Gasteiger partial charge in [-0.2, -0.15) is 4.31 Å². The van der Waals surface area contributed by atoms with Gasteiger partial charge in [-0.15, -0.1) is 0 Å². The predicted octanol–water partition coefficient (Wildman–Crippen LogP) is 3.18. The second-order valence-corrected chi connectivity index (χ2v) is 11.2. The minimum atomic E-state index is -3.62. The van der Waals surface area contributed by atoms with Gasteiger partial charge in [-0.1, -0.05) is 11.6 Å². The molecule has 180 valence electrons. The molecule has 0 bridgehead atoms. The number of benzene rings is 1. The molecule has 1 aliphatic carbocycles. The topological polar surface area (TPSA) is 93.4 Å². The molecule has 0 radical (unpaired) electrons. The van der Waals surface area contributed by atoms with Gasteiger partial charge in [-0.25, -0.2) is 13.2 Å². The van der Waals surface area contributed by atoms with Crippen LogP contribution in [0.3, 0.4) is 0 Å². The lowest BCUT2D eigenvalue weighted by Gasteiger charge is -2.16. The van der Waals surface area contributed by atoms with E-state index < -0.39 is 10.0 Å². The van der Waals surface area contributed by atoms with Crippen molar-refractivity contribution < 1.29 is 13.2 Å². The number of rotatable bonds is 8. The minimum absolute atomic E-state index is 0.122. The summed E-state index contributed by atoms with van der Waals surface area (Å²) >= 11 is 0. The van der Waals surface area contributed by atoms with Crippen molar-refractivity contribution in [3.05, 3.63) is 40.3 Å². The Bertz CT molecular complexity index is 1220. The molecule has 33 heavy (non-hydrogen) atoms. The Morgan fingerprint density at radius 3 is 2.52 bits per heavy atom. The van der Waals surface area contributed by atoms with Crippen LogP contribution >= 0.6 is 0 Å². The quantitative estimate of drug-likeness (QED) is 0.595. The average Bonchev–Trinajstić information content (AvgIpc) is 3.42. The Morgan fingerprint density at radius 1 is 1.09 bits per heavy atom. The zero-order chi connectivity index (χ0) is 23.6. The number of aromatic nitrogens is 2. The van der Waals surface area contributed by atoms with Crippen molar-refractivity contribution in [3.63, 3.8) is 0 Å². The number of fused-ring (bicyclic) bond motifs is 1. The Hall–Kier alpha value is -2.39. The molecule has 1 saturated heterocycles. The van der Waals surface area contributed by atoms with Gasteiger partial charge in [-0.05, 0) is 77.0 Å². The summed E-state index contributed by atoms with van der Waals surface area (Å²) in [6, 6.07) is 4.67. The molecule has 9 heteroatoms. The third-order valence-electron chi connectivity index (χ3n) is 6.61. The fourth-order valence-corrected chi connectivity index (χ4v) is 6.38. The molecule has 0 atom stereocenters. The first-order chi connectivity index (χ1) is 15.8. The first-order valence-corrected chi connectivity index (χ1v) is 13.4. The third-order valence-corrected chi connectivity index (χ3v) is 8.50. The van der Waals surface area contributed by atoms with Crippen LogP contribution in [0.15, 0.2) is 39.5 Å². The Kier molecular flexibility index (Phi) is 7.09. The van der Waals surface area contributed by atoms with E-state index in [9.17, 15) is 18.0 Å². The largest absolute Gasteiger partial charge is 0.354 e. The van der Waals surface area contributed by atoms with E-state index in [-0.39, 0.29) is 29.1 Å². The van der Waals surface area contributed by atoms with Gasteiger partial charge in [0.15, 0.2) is 0 Å². The SMILES string of the molecule is CC(C)n1c(=O)n(CC(=O)NCCC2=CCCCC2)c2cc(S(=O)(=O)N3CCCC3)ccc21. The first kappa shape index (κ1) is 23.8. The summed E-state index contributed by atoms with van der Waals surface area (Å²) < 4.78 is 30.7. The zero-order valence-electron chi connectivity index (χ0n) is 19.5. The van der Waals surface area contributed by atoms with Crippen molar-refractivity contribution in [3.8, 4) is 0 Å². The first-order valence-electron chi connectivity index (χ1n) is 12.0. The van der Waals surface area contributed by atoms with Crippen LogP contribution in [-0.4, -0.2) is 47.4 Å². The molecule has 2 heterocycles. The second kappa shape index (κ2) is 9.85. The van der Waals surface area contributed by atoms with Gasteiger partial charge in [0, 0.05) is 25.7 Å². The molecule has 1 N–H and O–H groups in total. The fourth-order valence-electron chi connectivity index (χ4n) is 4.84. The Morgan fingerprint density at radius 2 is 1.85 bits per heavy atom. The van der Waals surface area contributed by atoms with Crippen molar-refractivity contribution >= 4 is 27.0 Å². The smallest absolute Gasteiger partial charge is 0.329 e. The minimum Gasteiger partial charge on any atom is -0.354 e. The summed E-state index contributed by atoms with van der Waals surface area (Å²) in [7, 11) is -3.62. The van der Waals surface area contributed by atoms with Gasteiger partial charge in [0.05, 0.1) is 15.9 Å². The average molecular weight is 475 g/mol. The zero-order valence-corrected chi connectivity index (χ0v) is 20.4. The van der Waals surface area contributed by atoms with Crippen molar-refractivity contribution in [2.24, 2.45) is 0 Å². The second-order valence-electron chi connectivity index (χ2n) is 9.30. The highest BCUT2D eigenvalue weighted by Crippen LogP contribution is 2.25. The van der Waals surface area contributed by atoms with E-state index in [4.69, 9.17) is 0 Å². The highest BCUT2D eigenvalue weighted by atomic mass is 32.2. The number of allylic oxidation sites excluding steroid dienone is 1. The molecule has 1 aromatic heterocycles. The number of carbonyl (C=O) groups is 1. The molecule has 1 aliphatic heterocycles. The van der Waals surface area contributed by atoms with Crippen LogP contribution in [-0.2, 0) is 21.4 Å². The summed E-state index contributed by atoms with van der Waals surface area (Å²) in [6.07, 6.45) is 9.42. The monoisotopic (exact) mass is 474 g/mol. The van der Waals surface area contributed by atoms with Crippen LogP contribution in [0.5, 0.6) is 0 Å². The van der Waals surface area contributed by atoms with Gasteiger partial charge < -0.3 is 5.32 Å². The Labute approximate surface area is 195 Å². The van der Waals surface area contributed by atoms with E-state index in [1.54, 1.807) is 22.8 Å². The van der Waals surface area contributed by atoms with Gasteiger partial charge in [0.1, 0.15) is 6.54 Å². The molecule has 2 aromatic rings. The third kappa shape index (κ3) is 4.94. The number of carbonyl (C=O) groups excluding carboxylic acids is 1. The van der Waals surface area contributed by atoms with Crippen LogP contribution in [0.1, 0.15) is 64.8 Å². The summed E-state index contributed by atoms with van der Waals surface area (Å²) in [5.41, 5.74) is 2.18. The lowest BCUT2D eigenvalue weighted by molar-refractivity contribution is -0.121. The number of nitrogens with one attached hydrogen (secondary N) is 1. The highest BCUT2D eigenvalue weighted by Gasteiger charge is 2.28. The van der Waals surface area contributed by atoms with Crippen molar-refractivity contribution in [2.45, 2.75) is 76.3 Å². The Balaban J connectivity index is 1.60. The van der Waals surface area contributed by atoms with Crippen molar-refractivity contribution in [1.82, 2.24) is 18.8 Å². The maximum atomic E-state index is 13.2. The molecule has 1 amide bonds. The highest BCUT2D eigenvalue weighted by molar-refractivity contribution is 7.89. The molecular weight excluding hydrogens is 440 g/mol. The fraction of sp³-hybridized carbons (Fsp3) is 0.583.